The van der Waals surface area contributed by atoms with Crippen molar-refractivity contribution in [3.05, 3.63) is 48.0 Å². The van der Waals surface area contributed by atoms with Crippen molar-refractivity contribution in [3.63, 3.8) is 0 Å². The van der Waals surface area contributed by atoms with E-state index in [1.807, 2.05) is 0 Å². The number of alkyl halides is 3. The Kier molecular flexibility index (Phi) is 6.10. The number of ether oxygens (including phenoxy) is 1. The van der Waals surface area contributed by atoms with Gasteiger partial charge in [-0.2, -0.15) is 0 Å². The molecular weight excluding hydrogens is 509 g/mol. The molecule has 1 N–H and O–H groups in total. The fraction of sp³-hybridized carbons (Fsp3) is 0.593. The molecule has 37 heavy (non-hydrogen) atoms. The maximum Gasteiger partial charge on any atom is 0.375 e. The highest BCUT2D eigenvalue weighted by atomic mass is 32.2. The SMILES string of the molecule is CC1CC2C3CC(F)C4=CC(=O)C=C[C@]4(C)[C@@]3(F)C(O)C[C@]2(C)[C@@]1(OC(=O)c1ccco1)C(=O)SCF. The summed E-state index contributed by atoms with van der Waals surface area (Å²) in [6.07, 6.45) is 1.16. The van der Waals surface area contributed by atoms with Gasteiger partial charge in [0.25, 0.3) is 0 Å². The Labute approximate surface area is 216 Å². The third kappa shape index (κ3) is 3.27. The van der Waals surface area contributed by atoms with Gasteiger partial charge in [-0.15, -0.1) is 0 Å². The van der Waals surface area contributed by atoms with E-state index in [0.717, 1.165) is 6.08 Å². The van der Waals surface area contributed by atoms with Gasteiger partial charge in [0, 0.05) is 22.7 Å². The molecule has 9 atom stereocenters. The smallest absolute Gasteiger partial charge is 0.375 e. The maximum absolute atomic E-state index is 17.4. The molecule has 4 aliphatic carbocycles. The first-order valence-electron chi connectivity index (χ1n) is 12.3. The largest absolute Gasteiger partial charge is 0.457 e. The van der Waals surface area contributed by atoms with Gasteiger partial charge in [0.1, 0.15) is 12.2 Å². The minimum absolute atomic E-state index is 0.00739. The number of aliphatic hydroxyl groups excluding tert-OH is 1. The minimum atomic E-state index is -2.35. The summed E-state index contributed by atoms with van der Waals surface area (Å²) in [5.41, 5.74) is -7.19. The average molecular weight is 539 g/mol. The Hall–Kier alpha value is -2.33. The Morgan fingerprint density at radius 3 is 2.65 bits per heavy atom. The highest BCUT2D eigenvalue weighted by Crippen LogP contribution is 2.72. The van der Waals surface area contributed by atoms with Crippen molar-refractivity contribution in [2.45, 2.75) is 63.6 Å². The van der Waals surface area contributed by atoms with Crippen molar-refractivity contribution in [3.8, 4) is 0 Å². The van der Waals surface area contributed by atoms with Crippen molar-refractivity contribution in [1.29, 1.82) is 0 Å². The van der Waals surface area contributed by atoms with Crippen LogP contribution in [0.1, 0.15) is 50.6 Å². The van der Waals surface area contributed by atoms with Crippen molar-refractivity contribution < 1.29 is 41.8 Å². The van der Waals surface area contributed by atoms with Crippen LogP contribution in [0.25, 0.3) is 0 Å². The number of thioether (sulfide) groups is 1. The number of fused-ring (bicyclic) bond motifs is 5. The standard InChI is InChI=1S/C27H29F3O6S/c1-14-9-16-17-11-19(29)18-10-15(31)6-7-24(18,2)26(17,30)21(32)12-25(16,3)27(14,23(34)37-13-28)36-22(33)20-5-4-8-35-20/h4-8,10,14,16-17,19,21,32H,9,11-13H2,1-3H3/t14?,16?,17?,19?,21?,24-,25-,26-,27-/m0/s1. The van der Waals surface area contributed by atoms with Crippen LogP contribution in [0.4, 0.5) is 13.2 Å². The molecule has 5 rings (SSSR count). The first-order valence-corrected chi connectivity index (χ1v) is 13.3. The predicted molar refractivity (Wildman–Crippen MR) is 129 cm³/mol. The molecule has 0 amide bonds. The van der Waals surface area contributed by atoms with Crippen LogP contribution in [0.2, 0.25) is 0 Å². The third-order valence-corrected chi connectivity index (χ3v) is 10.3. The quantitative estimate of drug-likeness (QED) is 0.544. The van der Waals surface area contributed by atoms with E-state index in [9.17, 15) is 23.9 Å². The maximum atomic E-state index is 17.4. The number of carbonyl (C=O) groups is 3. The lowest BCUT2D eigenvalue weighted by Crippen LogP contribution is -2.70. The van der Waals surface area contributed by atoms with Gasteiger partial charge in [0.15, 0.2) is 17.1 Å². The summed E-state index contributed by atoms with van der Waals surface area (Å²) < 4.78 is 57.5. The summed E-state index contributed by atoms with van der Waals surface area (Å²) in [5.74, 6) is -3.98. The molecule has 0 saturated heterocycles. The molecule has 1 aromatic heterocycles. The molecule has 10 heteroatoms. The van der Waals surface area contributed by atoms with Crippen molar-refractivity contribution in [1.82, 2.24) is 0 Å². The van der Waals surface area contributed by atoms with Crippen LogP contribution in [-0.4, -0.2) is 51.5 Å². The van der Waals surface area contributed by atoms with Crippen LogP contribution in [0, 0.1) is 28.6 Å². The summed E-state index contributed by atoms with van der Waals surface area (Å²) in [7, 11) is 0. The number of rotatable bonds is 4. The predicted octanol–water partition coefficient (Wildman–Crippen LogP) is 4.93. The molecule has 0 aromatic carbocycles. The number of carbonyl (C=O) groups excluding carboxylic acids is 3. The van der Waals surface area contributed by atoms with E-state index >= 15 is 8.78 Å². The van der Waals surface area contributed by atoms with E-state index in [2.05, 4.69) is 0 Å². The Morgan fingerprint density at radius 1 is 1.27 bits per heavy atom. The molecule has 0 aliphatic heterocycles. The Balaban J connectivity index is 1.64. The molecule has 200 valence electrons. The summed E-state index contributed by atoms with van der Waals surface area (Å²) in [5, 5.41) is 10.7. The zero-order valence-corrected chi connectivity index (χ0v) is 21.5. The van der Waals surface area contributed by atoms with Gasteiger partial charge in [0.2, 0.25) is 10.9 Å². The first-order chi connectivity index (χ1) is 17.4. The second-order valence-corrected chi connectivity index (χ2v) is 12.0. The van der Waals surface area contributed by atoms with E-state index in [4.69, 9.17) is 9.15 Å². The highest BCUT2D eigenvalue weighted by molar-refractivity contribution is 8.13. The molecule has 5 unspecified atom stereocenters. The molecule has 4 aliphatic rings. The van der Waals surface area contributed by atoms with E-state index < -0.39 is 75.0 Å². The second kappa shape index (κ2) is 8.59. The molecule has 0 radical (unpaired) electrons. The zero-order valence-electron chi connectivity index (χ0n) is 20.7. The van der Waals surface area contributed by atoms with Crippen LogP contribution in [0.5, 0.6) is 0 Å². The summed E-state index contributed by atoms with van der Waals surface area (Å²) in [4.78, 5) is 38.7. The summed E-state index contributed by atoms with van der Waals surface area (Å²) in [6.45, 7) is 4.79. The number of aliphatic hydroxyl groups is 1. The highest BCUT2D eigenvalue weighted by Gasteiger charge is 2.78. The number of furan rings is 1. The lowest BCUT2D eigenvalue weighted by atomic mass is 9.44. The molecule has 1 heterocycles. The number of allylic oxidation sites excluding steroid dienone is 4. The number of halogens is 3. The third-order valence-electron chi connectivity index (χ3n) is 9.63. The molecule has 0 spiro atoms. The van der Waals surface area contributed by atoms with E-state index in [-0.39, 0.29) is 30.6 Å². The van der Waals surface area contributed by atoms with Gasteiger partial charge in [-0.25, -0.2) is 18.0 Å². The van der Waals surface area contributed by atoms with Gasteiger partial charge >= 0.3 is 5.97 Å². The van der Waals surface area contributed by atoms with Crippen LogP contribution in [0.15, 0.2) is 46.6 Å². The van der Waals surface area contributed by atoms with Crippen LogP contribution in [0.3, 0.4) is 0 Å². The van der Waals surface area contributed by atoms with Crippen molar-refractivity contribution in [2.24, 2.45) is 28.6 Å². The van der Waals surface area contributed by atoms with E-state index in [1.165, 1.54) is 37.5 Å². The molecule has 3 fully saturated rings. The van der Waals surface area contributed by atoms with Gasteiger partial charge < -0.3 is 14.3 Å². The Bertz CT molecular complexity index is 1200. The Morgan fingerprint density at radius 2 is 2.00 bits per heavy atom. The average Bonchev–Trinajstić information content (AvgIpc) is 3.45. The summed E-state index contributed by atoms with van der Waals surface area (Å²) in [6, 6.07) is 1.78. The fourth-order valence-electron chi connectivity index (χ4n) is 7.97. The minimum Gasteiger partial charge on any atom is -0.457 e. The molecule has 0 bridgehead atoms. The second-order valence-electron chi connectivity index (χ2n) is 11.1. The number of hydrogen-bond donors (Lipinski definition) is 1. The molecule has 3 saturated carbocycles. The monoisotopic (exact) mass is 538 g/mol. The molecule has 1 aromatic rings. The van der Waals surface area contributed by atoms with Crippen LogP contribution < -0.4 is 0 Å². The van der Waals surface area contributed by atoms with Gasteiger partial charge in [-0.3, -0.25) is 9.59 Å². The van der Waals surface area contributed by atoms with Gasteiger partial charge in [-0.05, 0) is 73.7 Å². The van der Waals surface area contributed by atoms with E-state index in [0.29, 0.717) is 11.8 Å². The lowest BCUT2D eigenvalue weighted by molar-refractivity contribution is -0.221. The number of hydrogen-bond acceptors (Lipinski definition) is 7. The van der Waals surface area contributed by atoms with Crippen LogP contribution in [-0.2, 0) is 14.3 Å². The van der Waals surface area contributed by atoms with Gasteiger partial charge in [-0.1, -0.05) is 19.9 Å². The fourth-order valence-corrected chi connectivity index (χ4v) is 8.76. The topological polar surface area (TPSA) is 93.8 Å². The van der Waals surface area contributed by atoms with E-state index in [1.54, 1.807) is 13.8 Å². The van der Waals surface area contributed by atoms with Crippen molar-refractivity contribution >= 4 is 28.6 Å². The van der Waals surface area contributed by atoms with Crippen LogP contribution >= 0.6 is 11.8 Å². The first kappa shape index (κ1) is 26.3. The molecular formula is C27H29F3O6S. The molecule has 6 nitrogen and oxygen atoms in total. The number of esters is 1. The zero-order chi connectivity index (χ0) is 27.0. The lowest BCUT2D eigenvalue weighted by Gasteiger charge is -2.63. The normalized spacial score (nSPS) is 44.5. The number of ketones is 1. The summed E-state index contributed by atoms with van der Waals surface area (Å²) >= 11 is 0.352. The van der Waals surface area contributed by atoms with Crippen molar-refractivity contribution in [2.75, 3.05) is 6.01 Å². The van der Waals surface area contributed by atoms with Gasteiger partial charge in [0.05, 0.1) is 12.4 Å².